The van der Waals surface area contributed by atoms with Crippen LogP contribution in [0.3, 0.4) is 0 Å². The van der Waals surface area contributed by atoms with Crippen LogP contribution in [0.15, 0.2) is 28.6 Å². The van der Waals surface area contributed by atoms with Crippen molar-refractivity contribution >= 4 is 26.5 Å². The number of halogens is 1. The molecule has 6 nitrogen and oxygen atoms in total. The first-order valence-electron chi connectivity index (χ1n) is 4.71. The molecule has 0 bridgehead atoms. The number of aromatic nitrogens is 2. The molecule has 0 saturated heterocycles. The number of hydrogen-bond acceptors (Lipinski definition) is 6. The van der Waals surface area contributed by atoms with E-state index in [1.165, 1.54) is 11.6 Å². The van der Waals surface area contributed by atoms with E-state index in [4.69, 9.17) is 5.11 Å². The average Bonchev–Trinajstić information content (AvgIpc) is 2.81. The molecule has 9 heteroatoms. The van der Waals surface area contributed by atoms with Crippen LogP contribution in [0.4, 0.5) is 9.52 Å². The van der Waals surface area contributed by atoms with Gasteiger partial charge in [0.15, 0.2) is 0 Å². The summed E-state index contributed by atoms with van der Waals surface area (Å²) in [4.78, 5) is -0.319. The quantitative estimate of drug-likeness (QED) is 0.875. The minimum atomic E-state index is -3.99. The molecule has 96 valence electrons. The summed E-state index contributed by atoms with van der Waals surface area (Å²) in [6.45, 7) is -0.507. The Labute approximate surface area is 106 Å². The van der Waals surface area contributed by atoms with Crippen molar-refractivity contribution < 1.29 is 17.9 Å². The fourth-order valence-corrected chi connectivity index (χ4v) is 3.23. The monoisotopic (exact) mass is 289 g/mol. The van der Waals surface area contributed by atoms with E-state index in [9.17, 15) is 12.8 Å². The molecule has 1 aromatic carbocycles. The zero-order valence-electron chi connectivity index (χ0n) is 8.87. The Morgan fingerprint density at radius 1 is 1.44 bits per heavy atom. The summed E-state index contributed by atoms with van der Waals surface area (Å²) < 4.78 is 39.2. The van der Waals surface area contributed by atoms with Crippen molar-refractivity contribution in [2.75, 3.05) is 4.72 Å². The highest BCUT2D eigenvalue weighted by molar-refractivity contribution is 7.93. The van der Waals surface area contributed by atoms with Gasteiger partial charge in [0.05, 0.1) is 11.5 Å². The molecule has 1 aromatic heterocycles. The van der Waals surface area contributed by atoms with Gasteiger partial charge in [0.1, 0.15) is 11.3 Å². The molecule has 0 spiro atoms. The molecule has 0 amide bonds. The third-order valence-electron chi connectivity index (χ3n) is 2.07. The first kappa shape index (κ1) is 12.9. The summed E-state index contributed by atoms with van der Waals surface area (Å²) in [6.07, 6.45) is 0. The average molecular weight is 289 g/mol. The molecule has 2 N–H and O–H groups in total. The normalized spacial score (nSPS) is 11.4. The number of benzene rings is 1. The van der Waals surface area contributed by atoms with Crippen molar-refractivity contribution in [3.05, 3.63) is 35.1 Å². The van der Waals surface area contributed by atoms with E-state index in [2.05, 4.69) is 14.9 Å². The van der Waals surface area contributed by atoms with E-state index in [1.807, 2.05) is 0 Å². The maximum absolute atomic E-state index is 13.1. The first-order chi connectivity index (χ1) is 8.53. The number of nitrogens with zero attached hydrogens (tertiary/aromatic N) is 2. The van der Waals surface area contributed by atoms with Crippen LogP contribution in [0.2, 0.25) is 0 Å². The molecule has 0 saturated carbocycles. The highest BCUT2D eigenvalue weighted by Crippen LogP contribution is 2.21. The largest absolute Gasteiger partial charge is 0.392 e. The molecule has 2 aromatic rings. The third-order valence-corrected chi connectivity index (χ3v) is 4.23. The number of nitrogens with one attached hydrogen (secondary N) is 1. The van der Waals surface area contributed by atoms with Crippen LogP contribution in [0.1, 0.15) is 5.56 Å². The van der Waals surface area contributed by atoms with Gasteiger partial charge in [0, 0.05) is 0 Å². The second kappa shape index (κ2) is 4.96. The van der Waals surface area contributed by atoms with Crippen molar-refractivity contribution in [1.82, 2.24) is 10.2 Å². The molecule has 0 fully saturated rings. The lowest BCUT2D eigenvalue weighted by molar-refractivity contribution is 0.278. The van der Waals surface area contributed by atoms with Gasteiger partial charge < -0.3 is 5.11 Å². The Bertz CT molecular complexity index is 643. The molecule has 0 aliphatic carbocycles. The number of sulfonamides is 1. The van der Waals surface area contributed by atoms with E-state index < -0.39 is 22.4 Å². The Kier molecular flexibility index (Phi) is 3.55. The molecule has 0 radical (unpaired) electrons. The van der Waals surface area contributed by atoms with E-state index in [0.29, 0.717) is 0 Å². The molecule has 0 atom stereocenters. The highest BCUT2D eigenvalue weighted by Gasteiger charge is 2.20. The van der Waals surface area contributed by atoms with Crippen LogP contribution < -0.4 is 4.72 Å². The lowest BCUT2D eigenvalue weighted by Crippen LogP contribution is -2.15. The second-order valence-electron chi connectivity index (χ2n) is 3.26. The first-order valence-corrected chi connectivity index (χ1v) is 7.07. The van der Waals surface area contributed by atoms with Gasteiger partial charge in [-0.1, -0.05) is 17.4 Å². The number of anilines is 1. The summed E-state index contributed by atoms with van der Waals surface area (Å²) in [5.74, 6) is -0.704. The third kappa shape index (κ3) is 2.63. The number of rotatable bonds is 4. The molecule has 0 aliphatic rings. The molecule has 0 unspecified atom stereocenters. The van der Waals surface area contributed by atoms with E-state index >= 15 is 0 Å². The van der Waals surface area contributed by atoms with Gasteiger partial charge in [-0.15, -0.1) is 10.2 Å². The Morgan fingerprint density at radius 3 is 2.83 bits per heavy atom. The van der Waals surface area contributed by atoms with Gasteiger partial charge in [-0.05, 0) is 17.7 Å². The Hall–Kier alpha value is -1.58. The van der Waals surface area contributed by atoms with Crippen molar-refractivity contribution in [1.29, 1.82) is 0 Å². The molecule has 1 heterocycles. The van der Waals surface area contributed by atoms with Crippen LogP contribution in [-0.4, -0.2) is 23.7 Å². The van der Waals surface area contributed by atoms with Crippen LogP contribution in [0.25, 0.3) is 0 Å². The molecule has 2 rings (SSSR count). The van der Waals surface area contributed by atoms with Crippen LogP contribution in [-0.2, 0) is 16.6 Å². The van der Waals surface area contributed by atoms with E-state index in [0.717, 1.165) is 23.5 Å². The smallest absolute Gasteiger partial charge is 0.264 e. The number of aliphatic hydroxyl groups is 1. The summed E-state index contributed by atoms with van der Waals surface area (Å²) >= 11 is 0.993. The lowest BCUT2D eigenvalue weighted by atomic mass is 10.2. The van der Waals surface area contributed by atoms with Crippen molar-refractivity contribution in [2.45, 2.75) is 11.5 Å². The Balaban J connectivity index is 2.43. The van der Waals surface area contributed by atoms with Crippen molar-refractivity contribution in [2.24, 2.45) is 0 Å². The Morgan fingerprint density at radius 2 is 2.22 bits per heavy atom. The molecule has 0 aliphatic heterocycles. The predicted octanol–water partition coefficient (Wildman–Crippen LogP) is 0.970. The highest BCUT2D eigenvalue weighted by atomic mass is 32.2. The maximum Gasteiger partial charge on any atom is 0.264 e. The zero-order chi connectivity index (χ0) is 13.2. The molecular formula is C9H8FN3O3S2. The SMILES string of the molecule is O=S(=O)(Nc1nncs1)c1cc(F)ccc1CO. The lowest BCUT2D eigenvalue weighted by Gasteiger charge is -2.08. The van der Waals surface area contributed by atoms with Crippen molar-refractivity contribution in [3.63, 3.8) is 0 Å². The maximum atomic E-state index is 13.1. The topological polar surface area (TPSA) is 92.2 Å². The van der Waals surface area contributed by atoms with Gasteiger partial charge in [-0.2, -0.15) is 0 Å². The zero-order valence-corrected chi connectivity index (χ0v) is 10.5. The van der Waals surface area contributed by atoms with Crippen LogP contribution in [0, 0.1) is 5.82 Å². The molecule has 18 heavy (non-hydrogen) atoms. The second-order valence-corrected chi connectivity index (χ2v) is 5.74. The predicted molar refractivity (Wildman–Crippen MR) is 63.0 cm³/mol. The van der Waals surface area contributed by atoms with Crippen molar-refractivity contribution in [3.8, 4) is 0 Å². The van der Waals surface area contributed by atoms with Crippen LogP contribution >= 0.6 is 11.3 Å². The van der Waals surface area contributed by atoms with Gasteiger partial charge in [-0.25, -0.2) is 12.8 Å². The van der Waals surface area contributed by atoms with Crippen LogP contribution in [0.5, 0.6) is 0 Å². The summed E-state index contributed by atoms with van der Waals surface area (Å²) in [6, 6.07) is 3.13. The fourth-order valence-electron chi connectivity index (χ4n) is 1.30. The van der Waals surface area contributed by atoms with Gasteiger partial charge in [-0.3, -0.25) is 4.72 Å². The molecular weight excluding hydrogens is 281 g/mol. The summed E-state index contributed by atoms with van der Waals surface area (Å²) in [7, 11) is -3.99. The number of hydrogen-bond donors (Lipinski definition) is 2. The minimum absolute atomic E-state index is 0.0724. The van der Waals surface area contributed by atoms with Gasteiger partial charge >= 0.3 is 0 Å². The van der Waals surface area contributed by atoms with E-state index in [1.54, 1.807) is 0 Å². The van der Waals surface area contributed by atoms with E-state index in [-0.39, 0.29) is 15.6 Å². The standard InChI is InChI=1S/C9H8FN3O3S2/c10-7-2-1-6(4-14)8(3-7)18(15,16)13-9-12-11-5-17-9/h1-3,5,14H,4H2,(H,12,13). The summed E-state index contributed by atoms with van der Waals surface area (Å²) in [5, 5.41) is 16.1. The number of aliphatic hydroxyl groups excluding tert-OH is 1. The van der Waals surface area contributed by atoms with Gasteiger partial charge in [0.25, 0.3) is 10.0 Å². The minimum Gasteiger partial charge on any atom is -0.392 e. The van der Waals surface area contributed by atoms with Gasteiger partial charge in [0.2, 0.25) is 5.13 Å². The fraction of sp³-hybridized carbons (Fsp3) is 0.111. The summed E-state index contributed by atoms with van der Waals surface area (Å²) in [5.41, 5.74) is 1.46.